The lowest BCUT2D eigenvalue weighted by Crippen LogP contribution is -2.30. The molecule has 0 heterocycles. The maximum absolute atomic E-state index is 12.6. The van der Waals surface area contributed by atoms with E-state index in [1.54, 1.807) is 0 Å². The van der Waals surface area contributed by atoms with Gasteiger partial charge in [0.2, 0.25) is 0 Å². The molecule has 1 fully saturated rings. The maximum atomic E-state index is 12.6. The number of methoxy groups -OCH3 is 1. The van der Waals surface area contributed by atoms with Crippen LogP contribution in [0.3, 0.4) is 0 Å². The van der Waals surface area contributed by atoms with Gasteiger partial charge in [-0.05, 0) is 31.0 Å². The molecule has 2 rings (SSSR count). The van der Waals surface area contributed by atoms with Crippen LogP contribution in [0.2, 0.25) is 0 Å². The number of carbonyl (C=O) groups is 1. The second-order valence-electron chi connectivity index (χ2n) is 4.42. The molecular weight excluding hydrogens is 261 g/mol. The van der Waals surface area contributed by atoms with Gasteiger partial charge in [-0.25, -0.2) is 4.79 Å². The van der Waals surface area contributed by atoms with Gasteiger partial charge in [-0.1, -0.05) is 6.07 Å². The van der Waals surface area contributed by atoms with Crippen LogP contribution in [0.5, 0.6) is 5.75 Å². The first kappa shape index (κ1) is 13.7. The number of hydrogen-bond acceptors (Lipinski definition) is 3. The zero-order chi connectivity index (χ0) is 14.0. The van der Waals surface area contributed by atoms with Crippen LogP contribution in [-0.4, -0.2) is 19.2 Å². The van der Waals surface area contributed by atoms with E-state index in [2.05, 4.69) is 4.74 Å². The van der Waals surface area contributed by atoms with Gasteiger partial charge in [-0.15, -0.1) is 0 Å². The fourth-order valence-corrected chi connectivity index (χ4v) is 1.74. The molecule has 6 heteroatoms. The first-order valence-electron chi connectivity index (χ1n) is 5.83. The lowest BCUT2D eigenvalue weighted by atomic mass is 10.2. The summed E-state index contributed by atoms with van der Waals surface area (Å²) in [7, 11) is 1.23. The van der Waals surface area contributed by atoms with Crippen molar-refractivity contribution in [3.05, 3.63) is 29.8 Å². The SMILES string of the molecule is COC(=O)C(Oc1cccc(C(F)(F)F)c1)C1CC1. The van der Waals surface area contributed by atoms with Crippen LogP contribution in [0.15, 0.2) is 24.3 Å². The highest BCUT2D eigenvalue weighted by molar-refractivity contribution is 5.75. The molecule has 0 saturated heterocycles. The molecule has 1 unspecified atom stereocenters. The summed E-state index contributed by atoms with van der Waals surface area (Å²) < 4.78 is 47.6. The van der Waals surface area contributed by atoms with Gasteiger partial charge < -0.3 is 9.47 Å². The third-order valence-corrected chi connectivity index (χ3v) is 2.91. The van der Waals surface area contributed by atoms with Crippen LogP contribution in [0.1, 0.15) is 18.4 Å². The lowest BCUT2D eigenvalue weighted by molar-refractivity contribution is -0.149. The van der Waals surface area contributed by atoms with Crippen LogP contribution in [0, 0.1) is 5.92 Å². The molecule has 1 aromatic rings. The molecule has 0 aliphatic heterocycles. The predicted octanol–water partition coefficient (Wildman–Crippen LogP) is 3.04. The molecule has 0 spiro atoms. The number of hydrogen-bond donors (Lipinski definition) is 0. The van der Waals surface area contributed by atoms with E-state index in [-0.39, 0.29) is 11.7 Å². The largest absolute Gasteiger partial charge is 0.478 e. The van der Waals surface area contributed by atoms with Crippen molar-refractivity contribution in [2.75, 3.05) is 7.11 Å². The summed E-state index contributed by atoms with van der Waals surface area (Å²) in [5, 5.41) is 0. The van der Waals surface area contributed by atoms with E-state index < -0.39 is 23.8 Å². The zero-order valence-corrected chi connectivity index (χ0v) is 10.2. The van der Waals surface area contributed by atoms with Gasteiger partial charge in [0.15, 0.2) is 6.10 Å². The summed E-state index contributed by atoms with van der Waals surface area (Å²) in [5.41, 5.74) is -0.801. The highest BCUT2D eigenvalue weighted by atomic mass is 19.4. The Labute approximate surface area is 108 Å². The summed E-state index contributed by atoms with van der Waals surface area (Å²) in [6, 6.07) is 4.49. The van der Waals surface area contributed by atoms with E-state index in [1.165, 1.54) is 19.2 Å². The summed E-state index contributed by atoms with van der Waals surface area (Å²) >= 11 is 0. The molecule has 3 nitrogen and oxygen atoms in total. The molecule has 104 valence electrons. The van der Waals surface area contributed by atoms with E-state index in [9.17, 15) is 18.0 Å². The average Bonchev–Trinajstić information content (AvgIpc) is 3.18. The van der Waals surface area contributed by atoms with Gasteiger partial charge in [0.25, 0.3) is 0 Å². The minimum Gasteiger partial charge on any atom is -0.478 e. The predicted molar refractivity (Wildman–Crippen MR) is 60.6 cm³/mol. The van der Waals surface area contributed by atoms with Gasteiger partial charge in [-0.3, -0.25) is 0 Å². The molecule has 1 aromatic carbocycles. The number of alkyl halides is 3. The molecule has 1 aliphatic rings. The number of halogens is 3. The van der Waals surface area contributed by atoms with E-state index >= 15 is 0 Å². The van der Waals surface area contributed by atoms with E-state index in [0.29, 0.717) is 0 Å². The molecule has 0 aromatic heterocycles. The van der Waals surface area contributed by atoms with Gasteiger partial charge >= 0.3 is 12.1 Å². The molecule has 1 saturated carbocycles. The molecule has 0 bridgehead atoms. The van der Waals surface area contributed by atoms with Crippen LogP contribution in [0.4, 0.5) is 13.2 Å². The van der Waals surface area contributed by atoms with Crippen molar-refractivity contribution in [2.45, 2.75) is 25.1 Å². The standard InChI is InChI=1S/C13H13F3O3/c1-18-12(17)11(8-5-6-8)19-10-4-2-3-9(7-10)13(14,15)16/h2-4,7-8,11H,5-6H2,1H3. The van der Waals surface area contributed by atoms with E-state index in [0.717, 1.165) is 25.0 Å². The second-order valence-corrected chi connectivity index (χ2v) is 4.42. The van der Waals surface area contributed by atoms with Crippen molar-refractivity contribution in [3.8, 4) is 5.75 Å². The van der Waals surface area contributed by atoms with Gasteiger partial charge in [-0.2, -0.15) is 13.2 Å². The summed E-state index contributed by atoms with van der Waals surface area (Å²) in [5.74, 6) is -0.501. The Morgan fingerprint density at radius 3 is 2.58 bits per heavy atom. The van der Waals surface area contributed by atoms with Crippen LogP contribution >= 0.6 is 0 Å². The number of esters is 1. The van der Waals surface area contributed by atoms with Crippen LogP contribution in [0.25, 0.3) is 0 Å². The van der Waals surface area contributed by atoms with Gasteiger partial charge in [0.1, 0.15) is 5.75 Å². The molecule has 0 radical (unpaired) electrons. The quantitative estimate of drug-likeness (QED) is 0.792. The molecule has 19 heavy (non-hydrogen) atoms. The highest BCUT2D eigenvalue weighted by Gasteiger charge is 2.39. The van der Waals surface area contributed by atoms with Crippen molar-refractivity contribution in [1.82, 2.24) is 0 Å². The third-order valence-electron chi connectivity index (χ3n) is 2.91. The van der Waals surface area contributed by atoms with E-state index in [1.807, 2.05) is 0 Å². The van der Waals surface area contributed by atoms with Gasteiger partial charge in [0, 0.05) is 5.92 Å². The topological polar surface area (TPSA) is 35.5 Å². The Bertz CT molecular complexity index is 466. The average molecular weight is 274 g/mol. The fraction of sp³-hybridized carbons (Fsp3) is 0.462. The van der Waals surface area contributed by atoms with Crippen LogP contribution < -0.4 is 4.74 Å². The Balaban J connectivity index is 2.15. The van der Waals surface area contributed by atoms with Crippen molar-refractivity contribution >= 4 is 5.97 Å². The van der Waals surface area contributed by atoms with Crippen molar-refractivity contribution in [1.29, 1.82) is 0 Å². The molecule has 1 aliphatic carbocycles. The Hall–Kier alpha value is -1.72. The van der Waals surface area contributed by atoms with Crippen molar-refractivity contribution in [3.63, 3.8) is 0 Å². The Morgan fingerprint density at radius 2 is 2.05 bits per heavy atom. The number of carbonyl (C=O) groups excluding carboxylic acids is 1. The Kier molecular flexibility index (Phi) is 3.68. The highest BCUT2D eigenvalue weighted by Crippen LogP contribution is 2.37. The fourth-order valence-electron chi connectivity index (χ4n) is 1.74. The number of benzene rings is 1. The third kappa shape index (κ3) is 3.39. The molecule has 0 amide bonds. The molecule has 0 N–H and O–H groups in total. The van der Waals surface area contributed by atoms with Crippen molar-refractivity contribution in [2.24, 2.45) is 5.92 Å². The zero-order valence-electron chi connectivity index (χ0n) is 10.2. The van der Waals surface area contributed by atoms with Crippen molar-refractivity contribution < 1.29 is 27.4 Å². The van der Waals surface area contributed by atoms with Gasteiger partial charge in [0.05, 0.1) is 12.7 Å². The maximum Gasteiger partial charge on any atom is 0.416 e. The second kappa shape index (κ2) is 5.11. The minimum atomic E-state index is -4.43. The number of rotatable bonds is 4. The normalized spacial score (nSPS) is 16.8. The van der Waals surface area contributed by atoms with Crippen LogP contribution in [-0.2, 0) is 15.7 Å². The monoisotopic (exact) mass is 274 g/mol. The molecular formula is C13H13F3O3. The van der Waals surface area contributed by atoms with E-state index in [4.69, 9.17) is 4.74 Å². The summed E-state index contributed by atoms with van der Waals surface area (Å²) in [4.78, 5) is 11.5. The number of ether oxygens (including phenoxy) is 2. The first-order chi connectivity index (χ1) is 8.91. The minimum absolute atomic E-state index is 0.0251. The molecule has 1 atom stereocenters. The first-order valence-corrected chi connectivity index (χ1v) is 5.83. The lowest BCUT2D eigenvalue weighted by Gasteiger charge is -2.17. The Morgan fingerprint density at radius 1 is 1.37 bits per heavy atom. The summed E-state index contributed by atoms with van der Waals surface area (Å²) in [6.07, 6.45) is -3.62. The summed E-state index contributed by atoms with van der Waals surface area (Å²) in [6.45, 7) is 0. The smallest absolute Gasteiger partial charge is 0.416 e.